The number of anilines is 2. The number of esters is 1. The highest BCUT2D eigenvalue weighted by atomic mass is 32.1. The molecule has 8 heteroatoms. The number of fused-ring (bicyclic) bond motifs is 1. The van der Waals surface area contributed by atoms with Gasteiger partial charge < -0.3 is 19.7 Å². The predicted molar refractivity (Wildman–Crippen MR) is 122 cm³/mol. The van der Waals surface area contributed by atoms with Gasteiger partial charge in [0.05, 0.1) is 41.1 Å². The van der Waals surface area contributed by atoms with Crippen LogP contribution >= 0.6 is 11.3 Å². The Morgan fingerprint density at radius 2 is 2.10 bits per heavy atom. The average Bonchev–Trinajstić information content (AvgIpc) is 3.23. The summed E-state index contributed by atoms with van der Waals surface area (Å²) in [7, 11) is 1.33. The lowest BCUT2D eigenvalue weighted by Gasteiger charge is -2.31. The third-order valence-corrected chi connectivity index (χ3v) is 6.39. The molecular formula is C23H25N3O4S. The molecule has 1 saturated heterocycles. The number of rotatable bonds is 6. The van der Waals surface area contributed by atoms with Gasteiger partial charge in [-0.15, -0.1) is 0 Å². The third-order valence-electron chi connectivity index (χ3n) is 5.31. The van der Waals surface area contributed by atoms with Crippen molar-refractivity contribution < 1.29 is 19.1 Å². The van der Waals surface area contributed by atoms with Gasteiger partial charge in [-0.3, -0.25) is 4.79 Å². The molecule has 1 atom stereocenters. The topological polar surface area (TPSA) is 80.8 Å². The monoisotopic (exact) mass is 439 g/mol. The highest BCUT2D eigenvalue weighted by molar-refractivity contribution is 7.22. The van der Waals surface area contributed by atoms with E-state index in [2.05, 4.69) is 10.2 Å². The molecular weight excluding hydrogens is 414 g/mol. The normalized spacial score (nSPS) is 16.2. The van der Waals surface area contributed by atoms with Crippen molar-refractivity contribution in [2.24, 2.45) is 5.92 Å². The molecule has 162 valence electrons. The second-order valence-electron chi connectivity index (χ2n) is 7.37. The molecule has 1 N–H and O–H groups in total. The molecule has 1 aromatic heterocycles. The highest BCUT2D eigenvalue weighted by Crippen LogP contribution is 2.34. The van der Waals surface area contributed by atoms with Gasteiger partial charge in [0.15, 0.2) is 5.13 Å². The maximum atomic E-state index is 13.0. The SMILES string of the molecule is CCOc1ccc2nc(N3CCCC(C(=O)Nc4ccccc4C(=O)OC)C3)sc2c1. The summed E-state index contributed by atoms with van der Waals surface area (Å²) in [6.07, 6.45) is 1.69. The van der Waals surface area contributed by atoms with Crippen LogP contribution in [0.2, 0.25) is 0 Å². The number of carbonyl (C=O) groups is 2. The van der Waals surface area contributed by atoms with Crippen molar-refractivity contribution in [1.82, 2.24) is 4.98 Å². The number of thiazole rings is 1. The number of amides is 1. The first-order chi connectivity index (χ1) is 15.1. The molecule has 31 heavy (non-hydrogen) atoms. The molecule has 4 rings (SSSR count). The van der Waals surface area contributed by atoms with Gasteiger partial charge in [-0.05, 0) is 50.1 Å². The molecule has 0 bridgehead atoms. The van der Waals surface area contributed by atoms with Crippen LogP contribution in [0.3, 0.4) is 0 Å². The lowest BCUT2D eigenvalue weighted by atomic mass is 9.97. The summed E-state index contributed by atoms with van der Waals surface area (Å²) >= 11 is 1.61. The van der Waals surface area contributed by atoms with Gasteiger partial charge in [-0.25, -0.2) is 9.78 Å². The van der Waals surface area contributed by atoms with Crippen molar-refractivity contribution in [3.63, 3.8) is 0 Å². The molecule has 1 aliphatic rings. The first-order valence-corrected chi connectivity index (χ1v) is 11.2. The van der Waals surface area contributed by atoms with Gasteiger partial charge in [0.1, 0.15) is 5.75 Å². The minimum Gasteiger partial charge on any atom is -0.494 e. The van der Waals surface area contributed by atoms with E-state index in [-0.39, 0.29) is 11.8 Å². The first kappa shape index (κ1) is 21.1. The van der Waals surface area contributed by atoms with E-state index in [1.54, 1.807) is 35.6 Å². The van der Waals surface area contributed by atoms with Crippen LogP contribution < -0.4 is 15.0 Å². The van der Waals surface area contributed by atoms with Crippen LogP contribution in [0.25, 0.3) is 10.2 Å². The van der Waals surface area contributed by atoms with E-state index < -0.39 is 5.97 Å². The predicted octanol–water partition coefficient (Wildman–Crippen LogP) is 4.34. The molecule has 0 saturated carbocycles. The lowest BCUT2D eigenvalue weighted by molar-refractivity contribution is -0.120. The van der Waals surface area contributed by atoms with Crippen molar-refractivity contribution in [2.45, 2.75) is 19.8 Å². The molecule has 2 aromatic carbocycles. The maximum absolute atomic E-state index is 13.0. The van der Waals surface area contributed by atoms with Crippen molar-refractivity contribution in [1.29, 1.82) is 0 Å². The van der Waals surface area contributed by atoms with Gasteiger partial charge >= 0.3 is 5.97 Å². The fourth-order valence-electron chi connectivity index (χ4n) is 3.76. The second-order valence-corrected chi connectivity index (χ2v) is 8.38. The van der Waals surface area contributed by atoms with Gasteiger partial charge in [0.25, 0.3) is 0 Å². The largest absolute Gasteiger partial charge is 0.494 e. The van der Waals surface area contributed by atoms with Crippen molar-refractivity contribution in [3.05, 3.63) is 48.0 Å². The van der Waals surface area contributed by atoms with E-state index in [0.717, 1.165) is 40.5 Å². The van der Waals surface area contributed by atoms with Crippen LogP contribution in [-0.2, 0) is 9.53 Å². The molecule has 1 fully saturated rings. The van der Waals surface area contributed by atoms with Crippen LogP contribution in [0.1, 0.15) is 30.1 Å². The molecule has 0 aliphatic carbocycles. The minimum absolute atomic E-state index is 0.0965. The summed E-state index contributed by atoms with van der Waals surface area (Å²) in [5, 5.41) is 3.83. The number of aromatic nitrogens is 1. The third kappa shape index (κ3) is 4.64. The van der Waals surface area contributed by atoms with Crippen molar-refractivity contribution >= 4 is 44.2 Å². The summed E-state index contributed by atoms with van der Waals surface area (Å²) in [5.41, 5.74) is 1.75. The summed E-state index contributed by atoms with van der Waals surface area (Å²) in [6.45, 7) is 4.04. The van der Waals surface area contributed by atoms with E-state index in [1.807, 2.05) is 25.1 Å². The number of methoxy groups -OCH3 is 1. The van der Waals surface area contributed by atoms with Gasteiger partial charge in [0.2, 0.25) is 5.91 Å². The quantitative estimate of drug-likeness (QED) is 0.576. The van der Waals surface area contributed by atoms with E-state index in [9.17, 15) is 9.59 Å². The average molecular weight is 440 g/mol. The van der Waals surface area contributed by atoms with Crippen LogP contribution in [0.5, 0.6) is 5.75 Å². The molecule has 1 unspecified atom stereocenters. The van der Waals surface area contributed by atoms with Crippen LogP contribution in [0.4, 0.5) is 10.8 Å². The smallest absolute Gasteiger partial charge is 0.339 e. The van der Waals surface area contributed by atoms with E-state index in [0.29, 0.717) is 24.4 Å². The zero-order valence-electron chi connectivity index (χ0n) is 17.6. The highest BCUT2D eigenvalue weighted by Gasteiger charge is 2.28. The molecule has 0 spiro atoms. The Hall–Kier alpha value is -3.13. The number of nitrogens with one attached hydrogen (secondary N) is 1. The number of para-hydroxylation sites is 1. The number of benzene rings is 2. The number of piperidine rings is 1. The number of carbonyl (C=O) groups excluding carboxylic acids is 2. The van der Waals surface area contributed by atoms with Crippen molar-refractivity contribution in [3.8, 4) is 5.75 Å². The zero-order chi connectivity index (χ0) is 21.8. The summed E-state index contributed by atoms with van der Waals surface area (Å²) < 4.78 is 11.5. The van der Waals surface area contributed by atoms with Crippen LogP contribution in [0.15, 0.2) is 42.5 Å². The minimum atomic E-state index is -0.470. The van der Waals surface area contributed by atoms with Gasteiger partial charge in [-0.1, -0.05) is 23.5 Å². The van der Waals surface area contributed by atoms with Gasteiger partial charge in [-0.2, -0.15) is 0 Å². The van der Waals surface area contributed by atoms with E-state index in [4.69, 9.17) is 14.5 Å². The Balaban J connectivity index is 1.48. The maximum Gasteiger partial charge on any atom is 0.339 e. The molecule has 3 aromatic rings. The van der Waals surface area contributed by atoms with E-state index >= 15 is 0 Å². The molecule has 0 radical (unpaired) electrons. The fourth-order valence-corrected chi connectivity index (χ4v) is 4.79. The summed E-state index contributed by atoms with van der Waals surface area (Å²) in [6, 6.07) is 12.8. The van der Waals surface area contributed by atoms with E-state index in [1.165, 1.54) is 7.11 Å². The molecule has 1 aliphatic heterocycles. The number of nitrogens with zero attached hydrogens (tertiary/aromatic N) is 2. The standard InChI is InChI=1S/C23H25N3O4S/c1-3-30-16-10-11-19-20(13-16)31-23(25-19)26-12-6-7-15(14-26)21(27)24-18-9-5-4-8-17(18)22(28)29-2/h4-5,8-11,13,15H,3,6-7,12,14H2,1-2H3,(H,24,27). The summed E-state index contributed by atoms with van der Waals surface area (Å²) in [5.74, 6) is 0.0821. The number of ether oxygens (including phenoxy) is 2. The lowest BCUT2D eigenvalue weighted by Crippen LogP contribution is -2.40. The van der Waals surface area contributed by atoms with Crippen LogP contribution in [0, 0.1) is 5.92 Å². The van der Waals surface area contributed by atoms with Crippen molar-refractivity contribution in [2.75, 3.05) is 37.0 Å². The first-order valence-electron chi connectivity index (χ1n) is 10.4. The number of hydrogen-bond acceptors (Lipinski definition) is 7. The Labute approximate surface area is 185 Å². The zero-order valence-corrected chi connectivity index (χ0v) is 18.4. The Morgan fingerprint density at radius 3 is 2.90 bits per heavy atom. The van der Waals surface area contributed by atoms with Gasteiger partial charge in [0, 0.05) is 13.1 Å². The Bertz CT molecular complexity index is 1100. The molecule has 7 nitrogen and oxygen atoms in total. The Morgan fingerprint density at radius 1 is 1.26 bits per heavy atom. The molecule has 2 heterocycles. The number of hydrogen-bond donors (Lipinski definition) is 1. The fraction of sp³-hybridized carbons (Fsp3) is 0.348. The van der Waals surface area contributed by atoms with Crippen LogP contribution in [-0.4, -0.2) is 43.7 Å². The second kappa shape index (κ2) is 9.34. The molecule has 1 amide bonds. The Kier molecular flexibility index (Phi) is 6.36. The summed E-state index contributed by atoms with van der Waals surface area (Å²) in [4.78, 5) is 31.9.